The van der Waals surface area contributed by atoms with Gasteiger partial charge in [-0.3, -0.25) is 0 Å². The summed E-state index contributed by atoms with van der Waals surface area (Å²) in [6, 6.07) is 6.28. The van der Waals surface area contributed by atoms with Gasteiger partial charge in [-0.1, -0.05) is 18.2 Å². The van der Waals surface area contributed by atoms with E-state index in [0.717, 1.165) is 6.08 Å². The van der Waals surface area contributed by atoms with Crippen molar-refractivity contribution >= 4 is 11.5 Å². The minimum Gasteiger partial charge on any atom is -0.478 e. The number of carboxylic acids is 1. The molecule has 17 heavy (non-hydrogen) atoms. The number of alkyl halides is 2. The van der Waals surface area contributed by atoms with Crippen LogP contribution in [0.4, 0.5) is 8.78 Å². The molecule has 0 amide bonds. The summed E-state index contributed by atoms with van der Waals surface area (Å²) in [6.45, 7) is -2.23. The number of ether oxygens (including phenoxy) is 1. The van der Waals surface area contributed by atoms with Gasteiger partial charge >= 0.3 is 5.97 Å². The number of para-hydroxylation sites is 1. The van der Waals surface area contributed by atoms with Crippen LogP contribution < -0.4 is 4.74 Å². The van der Waals surface area contributed by atoms with E-state index in [1.807, 2.05) is 0 Å². The number of hydrogen-bond donors (Lipinski definition) is 1. The van der Waals surface area contributed by atoms with Gasteiger partial charge in [-0.15, -0.1) is 0 Å². The van der Waals surface area contributed by atoms with Crippen LogP contribution in [-0.2, 0) is 4.79 Å². The minimum atomic E-state index is -1.82. The van der Waals surface area contributed by atoms with E-state index >= 15 is 0 Å². The lowest BCUT2D eigenvalue weighted by Gasteiger charge is -2.31. The van der Waals surface area contributed by atoms with E-state index in [1.165, 1.54) is 12.1 Å². The van der Waals surface area contributed by atoms with Crippen LogP contribution in [0.15, 0.2) is 30.3 Å². The molecule has 0 aromatic heterocycles. The second kappa shape index (κ2) is 4.16. The summed E-state index contributed by atoms with van der Waals surface area (Å²) in [6.07, 6.45) is 0.998. The highest BCUT2D eigenvalue weighted by Crippen LogP contribution is 2.36. The molecule has 1 aromatic carbocycles. The van der Waals surface area contributed by atoms with E-state index in [4.69, 9.17) is 9.84 Å². The van der Waals surface area contributed by atoms with Crippen molar-refractivity contribution < 1.29 is 23.4 Å². The number of carbonyl (C=O) groups is 1. The quantitative estimate of drug-likeness (QED) is 0.881. The van der Waals surface area contributed by atoms with E-state index in [0.29, 0.717) is 5.56 Å². The molecule has 0 radical (unpaired) electrons. The molecule has 0 saturated carbocycles. The van der Waals surface area contributed by atoms with Crippen molar-refractivity contribution in [2.45, 2.75) is 5.60 Å². The summed E-state index contributed by atoms with van der Waals surface area (Å²) in [5.41, 5.74) is -1.62. The van der Waals surface area contributed by atoms with Gasteiger partial charge in [-0.25, -0.2) is 13.6 Å². The fraction of sp³-hybridized carbons (Fsp3) is 0.250. The highest BCUT2D eigenvalue weighted by molar-refractivity contribution is 6.16. The summed E-state index contributed by atoms with van der Waals surface area (Å²) in [4.78, 5) is 11.1. The van der Waals surface area contributed by atoms with E-state index < -0.39 is 24.9 Å². The lowest BCUT2D eigenvalue weighted by molar-refractivity contribution is -0.130. The zero-order chi connectivity index (χ0) is 12.5. The molecule has 2 rings (SSSR count). The predicted octanol–water partition coefficient (Wildman–Crippen LogP) is 2.22. The third-order valence-corrected chi connectivity index (χ3v) is 2.58. The zero-order valence-corrected chi connectivity index (χ0v) is 8.82. The molecule has 0 bridgehead atoms. The van der Waals surface area contributed by atoms with Crippen LogP contribution in [0.3, 0.4) is 0 Å². The van der Waals surface area contributed by atoms with Gasteiger partial charge in [0.05, 0.1) is 5.57 Å². The number of benzene rings is 1. The van der Waals surface area contributed by atoms with Gasteiger partial charge in [0.15, 0.2) is 5.60 Å². The molecule has 3 nitrogen and oxygen atoms in total. The smallest absolute Gasteiger partial charge is 0.336 e. The van der Waals surface area contributed by atoms with Gasteiger partial charge in [0.25, 0.3) is 0 Å². The lowest BCUT2D eigenvalue weighted by atomic mass is 9.94. The lowest BCUT2D eigenvalue weighted by Crippen LogP contribution is -2.41. The van der Waals surface area contributed by atoms with Crippen molar-refractivity contribution in [2.75, 3.05) is 13.3 Å². The molecule has 0 fully saturated rings. The maximum atomic E-state index is 12.9. The first-order valence-corrected chi connectivity index (χ1v) is 4.98. The molecule has 1 heterocycles. The topological polar surface area (TPSA) is 46.5 Å². The van der Waals surface area contributed by atoms with Crippen LogP contribution in [0.25, 0.3) is 5.57 Å². The Morgan fingerprint density at radius 2 is 1.94 bits per heavy atom. The van der Waals surface area contributed by atoms with E-state index in [2.05, 4.69) is 0 Å². The van der Waals surface area contributed by atoms with Crippen LogP contribution >= 0.6 is 0 Å². The number of carboxylic acid groups (broad SMARTS) is 1. The number of halogens is 2. The number of rotatable bonds is 3. The molecule has 0 unspecified atom stereocenters. The van der Waals surface area contributed by atoms with Crippen LogP contribution in [0.5, 0.6) is 5.75 Å². The summed E-state index contributed by atoms with van der Waals surface area (Å²) in [5.74, 6) is -1.05. The first-order valence-electron chi connectivity index (χ1n) is 4.98. The van der Waals surface area contributed by atoms with Gasteiger partial charge in [0.2, 0.25) is 0 Å². The maximum absolute atomic E-state index is 12.9. The summed E-state index contributed by atoms with van der Waals surface area (Å²) >= 11 is 0. The van der Waals surface area contributed by atoms with Crippen molar-refractivity contribution in [1.82, 2.24) is 0 Å². The molecular weight excluding hydrogens is 230 g/mol. The monoisotopic (exact) mass is 240 g/mol. The first kappa shape index (κ1) is 11.6. The summed E-state index contributed by atoms with van der Waals surface area (Å²) in [7, 11) is 0. The molecule has 1 aliphatic heterocycles. The Labute approximate surface area is 96.3 Å². The Bertz CT molecular complexity index is 478. The Kier molecular flexibility index (Phi) is 2.83. The third kappa shape index (κ3) is 1.88. The predicted molar refractivity (Wildman–Crippen MR) is 57.4 cm³/mol. The minimum absolute atomic E-state index is 0.137. The Hall–Kier alpha value is -1.91. The van der Waals surface area contributed by atoms with Gasteiger partial charge in [-0.2, -0.15) is 0 Å². The molecule has 1 aromatic rings. The van der Waals surface area contributed by atoms with Gasteiger partial charge in [-0.05, 0) is 12.1 Å². The Morgan fingerprint density at radius 1 is 1.29 bits per heavy atom. The number of hydrogen-bond acceptors (Lipinski definition) is 2. The van der Waals surface area contributed by atoms with Crippen molar-refractivity contribution in [1.29, 1.82) is 0 Å². The van der Waals surface area contributed by atoms with Crippen molar-refractivity contribution in [3.63, 3.8) is 0 Å². The number of fused-ring (bicyclic) bond motifs is 1. The fourth-order valence-corrected chi connectivity index (χ4v) is 1.71. The van der Waals surface area contributed by atoms with Gasteiger partial charge in [0.1, 0.15) is 19.1 Å². The van der Waals surface area contributed by atoms with Crippen molar-refractivity contribution in [2.24, 2.45) is 0 Å². The van der Waals surface area contributed by atoms with E-state index in [9.17, 15) is 13.6 Å². The van der Waals surface area contributed by atoms with Gasteiger partial charge in [0, 0.05) is 5.56 Å². The molecule has 0 atom stereocenters. The Morgan fingerprint density at radius 3 is 2.53 bits per heavy atom. The normalized spacial score (nSPS) is 16.7. The van der Waals surface area contributed by atoms with Gasteiger partial charge < -0.3 is 9.84 Å². The second-order valence-electron chi connectivity index (χ2n) is 3.79. The maximum Gasteiger partial charge on any atom is 0.336 e. The number of aliphatic carboxylic acids is 1. The molecule has 0 saturated heterocycles. The molecule has 1 N–H and O–H groups in total. The summed E-state index contributed by atoms with van der Waals surface area (Å²) < 4.78 is 30.9. The largest absolute Gasteiger partial charge is 0.478 e. The average molecular weight is 240 g/mol. The van der Waals surface area contributed by atoms with E-state index in [-0.39, 0.29) is 11.3 Å². The van der Waals surface area contributed by atoms with Crippen molar-refractivity contribution in [3.05, 3.63) is 35.9 Å². The van der Waals surface area contributed by atoms with E-state index in [1.54, 1.807) is 12.1 Å². The first-order chi connectivity index (χ1) is 8.12. The van der Waals surface area contributed by atoms with Crippen LogP contribution in [0.1, 0.15) is 5.56 Å². The SMILES string of the molecule is O=C(O)C1=CC(CF)(CF)Oc2ccccc21. The highest BCUT2D eigenvalue weighted by atomic mass is 19.1. The Balaban J connectivity index is 2.58. The highest BCUT2D eigenvalue weighted by Gasteiger charge is 2.37. The molecular formula is C12H10F2O3. The molecule has 1 aliphatic rings. The molecule has 0 aliphatic carbocycles. The standard InChI is InChI=1S/C12H10F2O3/c13-6-12(7-14)5-9(11(15)16)8-3-1-2-4-10(8)17-12/h1-5H,6-7H2,(H,15,16). The van der Waals surface area contributed by atoms with Crippen molar-refractivity contribution in [3.8, 4) is 5.75 Å². The molecule has 0 spiro atoms. The molecule has 90 valence electrons. The molecule has 5 heteroatoms. The van der Waals surface area contributed by atoms with Crippen LogP contribution in [0, 0.1) is 0 Å². The summed E-state index contributed by atoms with van der Waals surface area (Å²) in [5, 5.41) is 9.04. The second-order valence-corrected chi connectivity index (χ2v) is 3.79. The third-order valence-electron chi connectivity index (χ3n) is 2.58. The fourth-order valence-electron chi connectivity index (χ4n) is 1.71. The zero-order valence-electron chi connectivity index (χ0n) is 8.82. The van der Waals surface area contributed by atoms with Crippen LogP contribution in [0.2, 0.25) is 0 Å². The average Bonchev–Trinajstić information content (AvgIpc) is 2.37. The van der Waals surface area contributed by atoms with Crippen LogP contribution in [-0.4, -0.2) is 30.0 Å².